The molecule has 0 atom stereocenters. The van der Waals surface area contributed by atoms with Gasteiger partial charge in [0.15, 0.2) is 0 Å². The Bertz CT molecular complexity index is 599. The molecule has 0 unspecified atom stereocenters. The highest BCUT2D eigenvalue weighted by atomic mass is 35.5. The summed E-state index contributed by atoms with van der Waals surface area (Å²) in [6.45, 7) is 0.994. The van der Waals surface area contributed by atoms with Gasteiger partial charge in [-0.3, -0.25) is 0 Å². The van der Waals surface area contributed by atoms with Crippen molar-refractivity contribution in [3.63, 3.8) is 0 Å². The third kappa shape index (κ3) is 2.37. The fraction of sp³-hybridized carbons (Fsp3) is 0.500. The fourth-order valence-electron chi connectivity index (χ4n) is 2.72. The molecule has 1 heterocycles. The summed E-state index contributed by atoms with van der Waals surface area (Å²) in [5.41, 5.74) is 2.08. The highest BCUT2D eigenvalue weighted by Crippen LogP contribution is 2.44. The molecular formula is C14H16Cl2N2S. The molecule has 5 heteroatoms. The standard InChI is InChI=1S/C14H16Cl2N2S/c1-19-14(5-2-6-14)9-18-12-4-3-10(16)7-11(12)17-13(18)8-15/h3-4,7H,2,5-6,8-9H2,1H3. The molecule has 3 rings (SSSR count). The molecule has 0 bridgehead atoms. The number of halogens is 2. The highest BCUT2D eigenvalue weighted by molar-refractivity contribution is 8.00. The molecule has 1 fully saturated rings. The minimum absolute atomic E-state index is 0.369. The molecule has 19 heavy (non-hydrogen) atoms. The van der Waals surface area contributed by atoms with Gasteiger partial charge in [0.1, 0.15) is 5.82 Å². The summed E-state index contributed by atoms with van der Waals surface area (Å²) in [6.07, 6.45) is 6.09. The molecule has 0 radical (unpaired) electrons. The predicted molar refractivity (Wildman–Crippen MR) is 84.4 cm³/mol. The maximum absolute atomic E-state index is 6.05. The van der Waals surface area contributed by atoms with Gasteiger partial charge in [-0.05, 0) is 37.3 Å². The van der Waals surface area contributed by atoms with Gasteiger partial charge in [0, 0.05) is 16.3 Å². The van der Waals surface area contributed by atoms with E-state index < -0.39 is 0 Å². The molecule has 1 aromatic carbocycles. The van der Waals surface area contributed by atoms with Crippen molar-refractivity contribution in [2.24, 2.45) is 0 Å². The van der Waals surface area contributed by atoms with Crippen LogP contribution >= 0.6 is 35.0 Å². The van der Waals surface area contributed by atoms with Crippen molar-refractivity contribution in [1.29, 1.82) is 0 Å². The van der Waals surface area contributed by atoms with E-state index in [-0.39, 0.29) is 0 Å². The van der Waals surface area contributed by atoms with Crippen LogP contribution in [0.1, 0.15) is 25.1 Å². The predicted octanol–water partition coefficient (Wildman–Crippen LogP) is 4.71. The van der Waals surface area contributed by atoms with Crippen LogP contribution in [-0.2, 0) is 12.4 Å². The van der Waals surface area contributed by atoms with Crippen molar-refractivity contribution in [2.45, 2.75) is 36.4 Å². The Morgan fingerprint density at radius 2 is 2.21 bits per heavy atom. The molecule has 0 saturated heterocycles. The fourth-order valence-corrected chi connectivity index (χ4v) is 4.04. The zero-order valence-electron chi connectivity index (χ0n) is 10.8. The molecule has 1 aliphatic rings. The Morgan fingerprint density at radius 1 is 1.42 bits per heavy atom. The molecule has 102 valence electrons. The average molecular weight is 315 g/mol. The van der Waals surface area contributed by atoms with Gasteiger partial charge in [-0.2, -0.15) is 11.8 Å². The van der Waals surface area contributed by atoms with Gasteiger partial charge < -0.3 is 4.57 Å². The Hall–Kier alpha value is -0.380. The lowest BCUT2D eigenvalue weighted by molar-refractivity contribution is 0.322. The first-order chi connectivity index (χ1) is 9.17. The van der Waals surface area contributed by atoms with Crippen molar-refractivity contribution >= 4 is 46.0 Å². The van der Waals surface area contributed by atoms with Crippen LogP contribution in [0.5, 0.6) is 0 Å². The number of hydrogen-bond donors (Lipinski definition) is 0. The van der Waals surface area contributed by atoms with Crippen LogP contribution in [0.3, 0.4) is 0 Å². The van der Waals surface area contributed by atoms with Crippen molar-refractivity contribution in [3.8, 4) is 0 Å². The van der Waals surface area contributed by atoms with E-state index in [1.807, 2.05) is 30.0 Å². The lowest BCUT2D eigenvalue weighted by Crippen LogP contribution is -2.38. The molecular weight excluding hydrogens is 299 g/mol. The Kier molecular flexibility index (Phi) is 3.71. The molecule has 0 spiro atoms. The van der Waals surface area contributed by atoms with Gasteiger partial charge in [-0.25, -0.2) is 4.98 Å². The van der Waals surface area contributed by atoms with E-state index in [9.17, 15) is 0 Å². The van der Waals surface area contributed by atoms with E-state index in [0.29, 0.717) is 10.6 Å². The largest absolute Gasteiger partial charge is 0.326 e. The van der Waals surface area contributed by atoms with Crippen LogP contribution in [0, 0.1) is 0 Å². The molecule has 1 saturated carbocycles. The van der Waals surface area contributed by atoms with E-state index in [2.05, 4.69) is 15.8 Å². The van der Waals surface area contributed by atoms with E-state index in [1.165, 1.54) is 19.3 Å². The SMILES string of the molecule is CSC1(Cn2c(CCl)nc3cc(Cl)ccc32)CCC1. The zero-order chi connectivity index (χ0) is 13.5. The summed E-state index contributed by atoms with van der Waals surface area (Å²) in [5, 5.41) is 0.724. The monoisotopic (exact) mass is 314 g/mol. The number of fused-ring (bicyclic) bond motifs is 1. The molecule has 1 aromatic heterocycles. The number of thioether (sulfide) groups is 1. The number of hydrogen-bond acceptors (Lipinski definition) is 2. The van der Waals surface area contributed by atoms with Crippen molar-refractivity contribution in [2.75, 3.05) is 6.26 Å². The highest BCUT2D eigenvalue weighted by Gasteiger charge is 2.37. The lowest BCUT2D eigenvalue weighted by atomic mass is 9.84. The van der Waals surface area contributed by atoms with Crippen LogP contribution in [-0.4, -0.2) is 20.6 Å². The second-order valence-electron chi connectivity index (χ2n) is 5.12. The summed E-state index contributed by atoms with van der Waals surface area (Å²) in [6, 6.07) is 5.88. The van der Waals surface area contributed by atoms with Gasteiger partial charge in [-0.15, -0.1) is 11.6 Å². The van der Waals surface area contributed by atoms with E-state index in [4.69, 9.17) is 23.2 Å². The first-order valence-corrected chi connectivity index (χ1v) is 8.57. The number of rotatable bonds is 4. The second-order valence-corrected chi connectivity index (χ2v) is 7.10. The number of benzene rings is 1. The van der Waals surface area contributed by atoms with Gasteiger partial charge in [0.25, 0.3) is 0 Å². The number of imidazole rings is 1. The summed E-state index contributed by atoms with van der Waals surface area (Å²) >= 11 is 14.1. The Morgan fingerprint density at radius 3 is 2.79 bits per heavy atom. The van der Waals surface area contributed by atoms with Crippen LogP contribution < -0.4 is 0 Å². The molecule has 2 aromatic rings. The number of alkyl halides is 1. The molecule has 0 aliphatic heterocycles. The third-order valence-corrected chi connectivity index (χ3v) is 5.93. The van der Waals surface area contributed by atoms with Gasteiger partial charge in [-0.1, -0.05) is 18.0 Å². The van der Waals surface area contributed by atoms with Gasteiger partial charge in [0.05, 0.1) is 16.9 Å². The molecule has 0 amide bonds. The maximum atomic E-state index is 6.05. The maximum Gasteiger partial charge on any atom is 0.124 e. The lowest BCUT2D eigenvalue weighted by Gasteiger charge is -2.41. The van der Waals surface area contributed by atoms with Crippen LogP contribution in [0.15, 0.2) is 18.2 Å². The van der Waals surface area contributed by atoms with Gasteiger partial charge >= 0.3 is 0 Å². The number of nitrogens with zero attached hydrogens (tertiary/aromatic N) is 2. The summed E-state index contributed by atoms with van der Waals surface area (Å²) in [5.74, 6) is 1.38. The quantitative estimate of drug-likeness (QED) is 0.760. The van der Waals surface area contributed by atoms with Crippen molar-refractivity contribution in [1.82, 2.24) is 9.55 Å². The van der Waals surface area contributed by atoms with Crippen molar-refractivity contribution in [3.05, 3.63) is 29.0 Å². The molecule has 2 nitrogen and oxygen atoms in total. The second kappa shape index (κ2) is 5.19. The van der Waals surface area contributed by atoms with Crippen molar-refractivity contribution < 1.29 is 0 Å². The topological polar surface area (TPSA) is 17.8 Å². The zero-order valence-corrected chi connectivity index (χ0v) is 13.2. The first-order valence-electron chi connectivity index (χ1n) is 6.43. The average Bonchev–Trinajstić information content (AvgIpc) is 2.70. The minimum Gasteiger partial charge on any atom is -0.326 e. The summed E-state index contributed by atoms with van der Waals surface area (Å²) < 4.78 is 2.64. The number of aromatic nitrogens is 2. The Labute approximate surface area is 127 Å². The van der Waals surface area contributed by atoms with E-state index in [1.54, 1.807) is 0 Å². The minimum atomic E-state index is 0.369. The molecule has 1 aliphatic carbocycles. The first kappa shape index (κ1) is 13.6. The van der Waals surface area contributed by atoms with E-state index >= 15 is 0 Å². The van der Waals surface area contributed by atoms with Crippen LogP contribution in [0.25, 0.3) is 11.0 Å². The normalized spacial score (nSPS) is 17.6. The van der Waals surface area contributed by atoms with Gasteiger partial charge in [0.2, 0.25) is 0 Å². The third-order valence-electron chi connectivity index (χ3n) is 4.05. The molecule has 0 N–H and O–H groups in total. The summed E-state index contributed by atoms with van der Waals surface area (Å²) in [4.78, 5) is 4.61. The van der Waals surface area contributed by atoms with Crippen LogP contribution in [0.2, 0.25) is 5.02 Å². The van der Waals surface area contributed by atoms with E-state index in [0.717, 1.165) is 28.4 Å². The Balaban J connectivity index is 2.05. The summed E-state index contributed by atoms with van der Waals surface area (Å²) in [7, 11) is 0. The smallest absolute Gasteiger partial charge is 0.124 e. The van der Waals surface area contributed by atoms with Crippen LogP contribution in [0.4, 0.5) is 0 Å².